The molecule has 0 radical (unpaired) electrons. The van der Waals surface area contributed by atoms with Crippen molar-refractivity contribution in [2.75, 3.05) is 6.54 Å². The van der Waals surface area contributed by atoms with Gasteiger partial charge in [0.05, 0.1) is 0 Å². The molecule has 1 aliphatic heterocycles. The molecular weight excluding hydrogens is 109 g/mol. The van der Waals surface area contributed by atoms with Gasteiger partial charge in [0.2, 0.25) is 0 Å². The molecule has 1 aliphatic rings. The molecule has 5 heavy (non-hydrogen) atoms. The Morgan fingerprint density at radius 1 is 1.80 bits per heavy atom. The number of hydrogen-bond acceptors (Lipinski definition) is 1. The van der Waals surface area contributed by atoms with E-state index in [0.717, 1.165) is 6.54 Å². The second kappa shape index (κ2) is 1.00. The fourth-order valence-electron chi connectivity index (χ4n) is 0.0968. The van der Waals surface area contributed by atoms with Crippen molar-refractivity contribution in [2.45, 2.75) is 5.50 Å². The normalized spacial score (nSPS) is 49.2. The molecule has 2 atom stereocenters. The van der Waals surface area contributed by atoms with Crippen molar-refractivity contribution >= 4 is 23.4 Å². The zero-order valence-corrected chi connectivity index (χ0v) is 4.00. The predicted molar refractivity (Wildman–Crippen MR) is 22.2 cm³/mol. The summed E-state index contributed by atoms with van der Waals surface area (Å²) in [5.41, 5.74) is 0.122. The van der Waals surface area contributed by atoms with Gasteiger partial charge in [-0.25, -0.2) is 0 Å². The highest BCUT2D eigenvalue weighted by Crippen LogP contribution is 2.22. The molecule has 0 saturated carbocycles. The first kappa shape index (κ1) is 3.72. The zero-order valence-electron chi connectivity index (χ0n) is 2.49. The Bertz CT molecular complexity index is 40.9. The van der Waals surface area contributed by atoms with Gasteiger partial charge in [0.1, 0.15) is 5.50 Å². The van der Waals surface area contributed by atoms with E-state index in [1.54, 1.807) is 0 Å². The quantitative estimate of drug-likeness (QED) is 0.195. The van der Waals surface area contributed by atoms with E-state index in [2.05, 4.69) is 0 Å². The van der Waals surface area contributed by atoms with Gasteiger partial charge in [-0.1, -0.05) is 0 Å². The van der Waals surface area contributed by atoms with Crippen molar-refractivity contribution in [3.63, 3.8) is 0 Å². The van der Waals surface area contributed by atoms with Gasteiger partial charge in [-0.15, -0.1) is 11.6 Å². The third-order valence-electron chi connectivity index (χ3n) is 0.495. The Hall–Kier alpha value is 0.540. The van der Waals surface area contributed by atoms with Crippen molar-refractivity contribution in [2.24, 2.45) is 0 Å². The second-order valence-electron chi connectivity index (χ2n) is 1.02. The van der Waals surface area contributed by atoms with Crippen molar-refractivity contribution in [3.05, 3.63) is 0 Å². The Morgan fingerprint density at radius 2 is 2.00 bits per heavy atom. The van der Waals surface area contributed by atoms with E-state index < -0.39 is 0 Å². The number of rotatable bonds is 0. The standard InChI is InChI=1S/C2H3Cl2N/c3-2-1-5(2)4/h2H,1H2. The van der Waals surface area contributed by atoms with E-state index in [-0.39, 0.29) is 5.50 Å². The molecule has 0 bridgehead atoms. The topological polar surface area (TPSA) is 3.01 Å². The van der Waals surface area contributed by atoms with E-state index in [1.165, 1.54) is 4.42 Å². The van der Waals surface area contributed by atoms with Crippen LogP contribution in [0.2, 0.25) is 0 Å². The molecule has 0 aromatic heterocycles. The summed E-state index contributed by atoms with van der Waals surface area (Å²) in [5, 5.41) is 0. The third-order valence-corrected chi connectivity index (χ3v) is 1.34. The van der Waals surface area contributed by atoms with Gasteiger partial charge in [-0.05, 0) is 11.8 Å². The minimum absolute atomic E-state index is 0.122. The lowest BCUT2D eigenvalue weighted by molar-refractivity contribution is 0.902. The van der Waals surface area contributed by atoms with Crippen LogP contribution in [0.15, 0.2) is 0 Å². The van der Waals surface area contributed by atoms with Crippen molar-refractivity contribution < 1.29 is 0 Å². The number of hydrogen-bond donors (Lipinski definition) is 0. The lowest BCUT2D eigenvalue weighted by Gasteiger charge is -1.68. The summed E-state index contributed by atoms with van der Waals surface area (Å²) < 4.78 is 1.53. The molecule has 30 valence electrons. The molecule has 0 aromatic carbocycles. The molecule has 2 unspecified atom stereocenters. The first-order valence-corrected chi connectivity index (χ1v) is 2.14. The summed E-state index contributed by atoms with van der Waals surface area (Å²) in [7, 11) is 0. The Morgan fingerprint density at radius 3 is 2.00 bits per heavy atom. The Balaban J connectivity index is 2.20. The van der Waals surface area contributed by atoms with Gasteiger partial charge in [-0.2, -0.15) is 4.42 Å². The number of alkyl halides is 1. The number of halogens is 2. The van der Waals surface area contributed by atoms with Crippen LogP contribution in [-0.2, 0) is 0 Å². The van der Waals surface area contributed by atoms with Crippen LogP contribution < -0.4 is 0 Å². The maximum absolute atomic E-state index is 5.33. The maximum Gasteiger partial charge on any atom is 0.113 e. The molecule has 0 aromatic rings. The van der Waals surface area contributed by atoms with E-state index in [4.69, 9.17) is 23.4 Å². The van der Waals surface area contributed by atoms with Gasteiger partial charge >= 0.3 is 0 Å². The molecule has 0 amide bonds. The Kier molecular flexibility index (Phi) is 0.745. The minimum atomic E-state index is 0.122. The molecule has 0 aliphatic carbocycles. The molecule has 1 saturated heterocycles. The van der Waals surface area contributed by atoms with E-state index in [1.807, 2.05) is 0 Å². The van der Waals surface area contributed by atoms with Gasteiger partial charge in [0, 0.05) is 6.54 Å². The highest BCUT2D eigenvalue weighted by molar-refractivity contribution is 6.28. The monoisotopic (exact) mass is 111 g/mol. The summed E-state index contributed by atoms with van der Waals surface area (Å²) in [5.74, 6) is 0. The lowest BCUT2D eigenvalue weighted by atomic mass is 11.0. The predicted octanol–water partition coefficient (Wildman–Crippen LogP) is 1.02. The fraction of sp³-hybridized carbons (Fsp3) is 1.00. The van der Waals surface area contributed by atoms with E-state index >= 15 is 0 Å². The largest absolute Gasteiger partial charge is 0.198 e. The summed E-state index contributed by atoms with van der Waals surface area (Å²) in [6.45, 7) is 0.836. The van der Waals surface area contributed by atoms with Crippen molar-refractivity contribution in [3.8, 4) is 0 Å². The summed E-state index contributed by atoms with van der Waals surface area (Å²) >= 11 is 10.6. The maximum atomic E-state index is 5.33. The average Bonchev–Trinajstić information content (AvgIpc) is 1.79. The molecule has 1 heterocycles. The minimum Gasteiger partial charge on any atom is -0.198 e. The average molecular weight is 112 g/mol. The van der Waals surface area contributed by atoms with Crippen molar-refractivity contribution in [1.29, 1.82) is 0 Å². The summed E-state index contributed by atoms with van der Waals surface area (Å²) in [6.07, 6.45) is 0. The second-order valence-corrected chi connectivity index (χ2v) is 1.95. The number of nitrogens with zero attached hydrogens (tertiary/aromatic N) is 1. The van der Waals surface area contributed by atoms with E-state index in [9.17, 15) is 0 Å². The molecule has 0 spiro atoms. The van der Waals surface area contributed by atoms with Crippen LogP contribution in [0.3, 0.4) is 0 Å². The SMILES string of the molecule is ClC1CN1Cl. The van der Waals surface area contributed by atoms with Crippen LogP contribution in [0.4, 0.5) is 0 Å². The first-order valence-electron chi connectivity index (χ1n) is 1.37. The van der Waals surface area contributed by atoms with Gasteiger partial charge in [0.15, 0.2) is 0 Å². The van der Waals surface area contributed by atoms with Crippen LogP contribution in [0, 0.1) is 0 Å². The van der Waals surface area contributed by atoms with Gasteiger partial charge in [0.25, 0.3) is 0 Å². The van der Waals surface area contributed by atoms with Gasteiger partial charge < -0.3 is 0 Å². The van der Waals surface area contributed by atoms with E-state index in [0.29, 0.717) is 0 Å². The highest BCUT2D eigenvalue weighted by Gasteiger charge is 2.29. The fourth-order valence-corrected chi connectivity index (χ4v) is 0.447. The molecule has 3 heteroatoms. The van der Waals surface area contributed by atoms with Gasteiger partial charge in [-0.3, -0.25) is 0 Å². The van der Waals surface area contributed by atoms with Crippen molar-refractivity contribution in [1.82, 2.24) is 4.42 Å². The van der Waals surface area contributed by atoms with Crippen LogP contribution in [0.1, 0.15) is 0 Å². The molecule has 1 rings (SSSR count). The molecule has 0 N–H and O–H groups in total. The summed E-state index contributed by atoms with van der Waals surface area (Å²) in [6, 6.07) is 0. The summed E-state index contributed by atoms with van der Waals surface area (Å²) in [4.78, 5) is 0. The first-order chi connectivity index (χ1) is 2.30. The third kappa shape index (κ3) is 0.685. The smallest absolute Gasteiger partial charge is 0.113 e. The molecule has 1 fully saturated rings. The van der Waals surface area contributed by atoms with Crippen LogP contribution in [-0.4, -0.2) is 16.5 Å². The molecule has 1 nitrogen and oxygen atoms in total. The highest BCUT2D eigenvalue weighted by atomic mass is 35.5. The van der Waals surface area contributed by atoms with Crippen LogP contribution in [0.25, 0.3) is 0 Å². The van der Waals surface area contributed by atoms with Crippen LogP contribution in [0.5, 0.6) is 0 Å². The lowest BCUT2D eigenvalue weighted by Crippen LogP contribution is -1.69. The zero-order chi connectivity index (χ0) is 3.86. The Labute approximate surface area is 40.6 Å². The van der Waals surface area contributed by atoms with Crippen LogP contribution >= 0.6 is 23.4 Å². The molecular formula is C2H3Cl2N.